The molecule has 0 aliphatic heterocycles. The molecule has 0 fully saturated rings. The van der Waals surface area contributed by atoms with Gasteiger partial charge in [-0.1, -0.05) is 17.7 Å². The number of nitro benzene ring substituents is 1. The van der Waals surface area contributed by atoms with Crippen molar-refractivity contribution in [1.29, 1.82) is 0 Å². The molecule has 0 unspecified atom stereocenters. The summed E-state index contributed by atoms with van der Waals surface area (Å²) in [6.07, 6.45) is 0. The van der Waals surface area contributed by atoms with Gasteiger partial charge in [0.2, 0.25) is 15.9 Å². The van der Waals surface area contributed by atoms with Gasteiger partial charge in [-0.2, -0.15) is 4.31 Å². The number of halogens is 1. The number of amides is 1. The lowest BCUT2D eigenvalue weighted by Gasteiger charge is -2.18. The number of anilines is 1. The highest BCUT2D eigenvalue weighted by atomic mass is 35.5. The molecule has 0 aliphatic rings. The molecule has 0 radical (unpaired) electrons. The Kier molecular flexibility index (Phi) is 6.60. The smallest absolute Gasteiger partial charge is 0.271 e. The minimum atomic E-state index is -3.98. The number of non-ortho nitro benzene ring substituents is 1. The Labute approximate surface area is 167 Å². The van der Waals surface area contributed by atoms with Crippen molar-refractivity contribution in [3.8, 4) is 5.75 Å². The van der Waals surface area contributed by atoms with Crippen molar-refractivity contribution in [2.24, 2.45) is 0 Å². The third-order valence-electron chi connectivity index (χ3n) is 3.90. The summed E-state index contributed by atoms with van der Waals surface area (Å²) in [5, 5.41) is 13.5. The molecular formula is C17H18ClN3O6S. The fraction of sp³-hybridized carbons (Fsp3) is 0.235. The first kappa shape index (κ1) is 21.6. The summed E-state index contributed by atoms with van der Waals surface area (Å²) in [7, 11) is -1.33. The monoisotopic (exact) mass is 427 g/mol. The number of rotatable bonds is 7. The molecule has 0 heterocycles. The van der Waals surface area contributed by atoms with E-state index in [4.69, 9.17) is 16.3 Å². The van der Waals surface area contributed by atoms with E-state index < -0.39 is 27.4 Å². The summed E-state index contributed by atoms with van der Waals surface area (Å²) in [5.41, 5.74) is 0.652. The summed E-state index contributed by atoms with van der Waals surface area (Å²) in [5.74, 6) is -0.323. The Morgan fingerprint density at radius 2 is 1.96 bits per heavy atom. The van der Waals surface area contributed by atoms with Gasteiger partial charge >= 0.3 is 0 Å². The number of nitro groups is 1. The highest BCUT2D eigenvalue weighted by Crippen LogP contribution is 2.28. The van der Waals surface area contributed by atoms with Gasteiger partial charge in [-0.05, 0) is 30.7 Å². The predicted molar refractivity (Wildman–Crippen MR) is 104 cm³/mol. The van der Waals surface area contributed by atoms with E-state index in [-0.39, 0.29) is 21.3 Å². The number of nitrogens with zero attached hydrogens (tertiary/aromatic N) is 2. The number of hydrogen-bond donors (Lipinski definition) is 1. The second-order valence-corrected chi connectivity index (χ2v) is 8.31. The molecule has 0 aliphatic carbocycles. The van der Waals surface area contributed by atoms with Crippen LogP contribution in [0.15, 0.2) is 41.3 Å². The number of hydrogen-bond acceptors (Lipinski definition) is 6. The number of benzene rings is 2. The third-order valence-corrected chi connectivity index (χ3v) is 6.00. The molecule has 2 aromatic carbocycles. The Morgan fingerprint density at radius 1 is 1.29 bits per heavy atom. The van der Waals surface area contributed by atoms with Crippen LogP contribution in [0.5, 0.6) is 5.75 Å². The van der Waals surface area contributed by atoms with Gasteiger partial charge in [-0.3, -0.25) is 14.9 Å². The van der Waals surface area contributed by atoms with Crippen LogP contribution in [-0.4, -0.2) is 44.3 Å². The molecule has 0 spiro atoms. The van der Waals surface area contributed by atoms with Gasteiger partial charge in [-0.25, -0.2) is 8.42 Å². The number of aryl methyl sites for hydroxylation is 1. The molecule has 0 aromatic heterocycles. The second kappa shape index (κ2) is 8.55. The van der Waals surface area contributed by atoms with Crippen LogP contribution in [-0.2, 0) is 14.8 Å². The van der Waals surface area contributed by atoms with Crippen LogP contribution >= 0.6 is 11.6 Å². The molecule has 0 saturated heterocycles. The number of likely N-dealkylation sites (N-methyl/N-ethyl adjacent to an activating group) is 1. The molecule has 1 N–H and O–H groups in total. The van der Waals surface area contributed by atoms with E-state index in [1.165, 1.54) is 50.6 Å². The van der Waals surface area contributed by atoms with E-state index in [0.717, 1.165) is 4.31 Å². The summed E-state index contributed by atoms with van der Waals surface area (Å²) < 4.78 is 31.1. The average Bonchev–Trinajstić information content (AvgIpc) is 2.63. The van der Waals surface area contributed by atoms with Gasteiger partial charge in [0.05, 0.1) is 34.2 Å². The van der Waals surface area contributed by atoms with Gasteiger partial charge in [-0.15, -0.1) is 0 Å². The molecule has 0 saturated carbocycles. The van der Waals surface area contributed by atoms with E-state index in [2.05, 4.69) is 5.32 Å². The zero-order valence-corrected chi connectivity index (χ0v) is 16.9. The lowest BCUT2D eigenvalue weighted by Crippen LogP contribution is -2.35. The van der Waals surface area contributed by atoms with Gasteiger partial charge < -0.3 is 10.1 Å². The summed E-state index contributed by atoms with van der Waals surface area (Å²) in [6, 6.07) is 7.98. The quantitative estimate of drug-likeness (QED) is 0.536. The van der Waals surface area contributed by atoms with Crippen molar-refractivity contribution < 1.29 is 22.9 Å². The van der Waals surface area contributed by atoms with Crippen molar-refractivity contribution in [2.45, 2.75) is 11.8 Å². The molecule has 1 amide bonds. The molecule has 2 aromatic rings. The zero-order chi connectivity index (χ0) is 21.1. The van der Waals surface area contributed by atoms with Crippen LogP contribution in [0.1, 0.15) is 5.56 Å². The first-order valence-corrected chi connectivity index (χ1v) is 9.73. The van der Waals surface area contributed by atoms with Gasteiger partial charge in [0, 0.05) is 19.2 Å². The van der Waals surface area contributed by atoms with Crippen LogP contribution in [0.25, 0.3) is 0 Å². The Morgan fingerprint density at radius 3 is 2.54 bits per heavy atom. The van der Waals surface area contributed by atoms with Gasteiger partial charge in [0.25, 0.3) is 5.69 Å². The van der Waals surface area contributed by atoms with Crippen molar-refractivity contribution >= 4 is 38.9 Å². The van der Waals surface area contributed by atoms with E-state index >= 15 is 0 Å². The van der Waals surface area contributed by atoms with Crippen LogP contribution in [0, 0.1) is 17.0 Å². The van der Waals surface area contributed by atoms with E-state index in [1.54, 1.807) is 6.92 Å². The fourth-order valence-electron chi connectivity index (χ4n) is 2.32. The molecule has 0 atom stereocenters. The molecular weight excluding hydrogens is 410 g/mol. The number of carbonyl (C=O) groups is 1. The number of carbonyl (C=O) groups excluding carboxylic acids is 1. The van der Waals surface area contributed by atoms with Gasteiger partial charge in [0.1, 0.15) is 5.75 Å². The maximum Gasteiger partial charge on any atom is 0.271 e. The van der Waals surface area contributed by atoms with Crippen LogP contribution in [0.2, 0.25) is 5.02 Å². The molecule has 150 valence electrons. The molecule has 9 nitrogen and oxygen atoms in total. The summed E-state index contributed by atoms with van der Waals surface area (Å²) in [6.45, 7) is 1.17. The van der Waals surface area contributed by atoms with Crippen molar-refractivity contribution in [2.75, 3.05) is 26.0 Å². The maximum absolute atomic E-state index is 12.6. The largest absolute Gasteiger partial charge is 0.495 e. The molecule has 11 heteroatoms. The number of ether oxygens (including phenoxy) is 1. The zero-order valence-electron chi connectivity index (χ0n) is 15.3. The number of methoxy groups -OCH3 is 1. The SMILES string of the molecule is COc1ccc(S(=O)(=O)N(C)CC(=O)Nc2cc([N+](=O)[O-])ccc2C)cc1Cl. The minimum absolute atomic E-state index is 0.0971. The highest BCUT2D eigenvalue weighted by Gasteiger charge is 2.24. The predicted octanol–water partition coefficient (Wildman–Crippen LogP) is 2.82. The summed E-state index contributed by atoms with van der Waals surface area (Å²) >= 11 is 5.97. The van der Waals surface area contributed by atoms with Crippen molar-refractivity contribution in [3.63, 3.8) is 0 Å². The normalized spacial score (nSPS) is 11.3. The van der Waals surface area contributed by atoms with E-state index in [1.807, 2.05) is 0 Å². The van der Waals surface area contributed by atoms with E-state index in [9.17, 15) is 23.3 Å². The third kappa shape index (κ3) is 4.77. The second-order valence-electron chi connectivity index (χ2n) is 5.86. The Bertz CT molecular complexity index is 1030. The number of sulfonamides is 1. The molecule has 2 rings (SSSR count). The lowest BCUT2D eigenvalue weighted by molar-refractivity contribution is -0.384. The molecule has 28 heavy (non-hydrogen) atoms. The maximum atomic E-state index is 12.6. The first-order valence-electron chi connectivity index (χ1n) is 7.91. The van der Waals surface area contributed by atoms with E-state index in [0.29, 0.717) is 11.3 Å². The Hall–Kier alpha value is -2.69. The fourth-order valence-corrected chi connectivity index (χ4v) is 3.80. The highest BCUT2D eigenvalue weighted by molar-refractivity contribution is 7.89. The van der Waals surface area contributed by atoms with Crippen LogP contribution < -0.4 is 10.1 Å². The lowest BCUT2D eigenvalue weighted by atomic mass is 10.2. The Balaban J connectivity index is 2.16. The minimum Gasteiger partial charge on any atom is -0.495 e. The number of nitrogens with one attached hydrogen (secondary N) is 1. The molecule has 0 bridgehead atoms. The van der Waals surface area contributed by atoms with Crippen LogP contribution in [0.3, 0.4) is 0 Å². The average molecular weight is 428 g/mol. The first-order chi connectivity index (χ1) is 13.1. The summed E-state index contributed by atoms with van der Waals surface area (Å²) in [4.78, 5) is 22.5. The standard InChI is InChI=1S/C17H18ClN3O6S/c1-11-4-5-12(21(23)24)8-15(11)19-17(22)10-20(2)28(25,26)13-6-7-16(27-3)14(18)9-13/h4-9H,10H2,1-3H3,(H,19,22). The van der Waals surface area contributed by atoms with Crippen molar-refractivity contribution in [3.05, 3.63) is 57.1 Å². The topological polar surface area (TPSA) is 119 Å². The van der Waals surface area contributed by atoms with Crippen molar-refractivity contribution in [1.82, 2.24) is 4.31 Å². The van der Waals surface area contributed by atoms with Crippen LogP contribution in [0.4, 0.5) is 11.4 Å². The van der Waals surface area contributed by atoms with Gasteiger partial charge in [0.15, 0.2) is 0 Å².